The number of anilines is 2. The van der Waals surface area contributed by atoms with Crippen LogP contribution < -0.4 is 15.5 Å². The van der Waals surface area contributed by atoms with Crippen LogP contribution in [0, 0.1) is 0 Å². The molecular weight excluding hydrogens is 328 g/mol. The maximum atomic E-state index is 12.8. The third-order valence-electron chi connectivity index (χ3n) is 4.60. The van der Waals surface area contributed by atoms with Crippen molar-refractivity contribution in [2.45, 2.75) is 39.2 Å². The van der Waals surface area contributed by atoms with Gasteiger partial charge in [0.2, 0.25) is 0 Å². The number of carbonyl (C=O) groups is 2. The molecule has 1 aromatic carbocycles. The molecule has 2 N–H and O–H groups in total. The van der Waals surface area contributed by atoms with Crippen LogP contribution >= 0.6 is 0 Å². The van der Waals surface area contributed by atoms with Crippen LogP contribution in [0.4, 0.5) is 16.2 Å². The highest BCUT2D eigenvalue weighted by molar-refractivity contribution is 6.06. The minimum atomic E-state index is -0.210. The lowest BCUT2D eigenvalue weighted by atomic mass is 10.00. The van der Waals surface area contributed by atoms with Crippen molar-refractivity contribution in [3.63, 3.8) is 0 Å². The summed E-state index contributed by atoms with van der Waals surface area (Å²) in [6.45, 7) is 4.67. The van der Waals surface area contributed by atoms with Gasteiger partial charge in [0.25, 0.3) is 5.91 Å². The SMILES string of the molecule is CCC(C)NC(=O)Nc1ccc2c(c1)CCCN2C(=O)c1cccnc1. The van der Waals surface area contributed by atoms with Crippen molar-refractivity contribution in [1.82, 2.24) is 10.3 Å². The minimum Gasteiger partial charge on any atom is -0.335 e. The van der Waals surface area contributed by atoms with Crippen LogP contribution in [0.2, 0.25) is 0 Å². The first-order valence-electron chi connectivity index (χ1n) is 9.01. The smallest absolute Gasteiger partial charge is 0.319 e. The number of nitrogens with one attached hydrogen (secondary N) is 2. The molecule has 0 radical (unpaired) electrons. The molecule has 2 heterocycles. The minimum absolute atomic E-state index is 0.0470. The third-order valence-corrected chi connectivity index (χ3v) is 4.60. The quantitative estimate of drug-likeness (QED) is 0.883. The van der Waals surface area contributed by atoms with E-state index in [0.29, 0.717) is 12.1 Å². The van der Waals surface area contributed by atoms with Crippen molar-refractivity contribution in [2.24, 2.45) is 0 Å². The van der Waals surface area contributed by atoms with Gasteiger partial charge in [-0.15, -0.1) is 0 Å². The standard InChI is InChI=1S/C20H24N4O2/c1-3-14(2)22-20(26)23-17-8-9-18-15(12-17)7-5-11-24(18)19(25)16-6-4-10-21-13-16/h4,6,8-10,12-14H,3,5,7,11H2,1-2H3,(H2,22,23,26). The molecule has 136 valence electrons. The van der Waals surface area contributed by atoms with Gasteiger partial charge in [-0.2, -0.15) is 0 Å². The Bertz CT molecular complexity index is 792. The summed E-state index contributed by atoms with van der Waals surface area (Å²) >= 11 is 0. The lowest BCUT2D eigenvalue weighted by molar-refractivity contribution is 0.0984. The molecule has 1 aliphatic rings. The summed E-state index contributed by atoms with van der Waals surface area (Å²) < 4.78 is 0. The summed E-state index contributed by atoms with van der Waals surface area (Å²) in [4.78, 5) is 30.6. The van der Waals surface area contributed by atoms with Crippen LogP contribution in [-0.4, -0.2) is 29.5 Å². The molecule has 0 saturated carbocycles. The van der Waals surface area contributed by atoms with E-state index >= 15 is 0 Å². The van der Waals surface area contributed by atoms with Gasteiger partial charge in [-0.1, -0.05) is 6.92 Å². The maximum absolute atomic E-state index is 12.8. The maximum Gasteiger partial charge on any atom is 0.319 e. The van der Waals surface area contributed by atoms with Crippen LogP contribution in [-0.2, 0) is 6.42 Å². The van der Waals surface area contributed by atoms with Crippen LogP contribution in [0.1, 0.15) is 42.6 Å². The molecule has 0 aliphatic carbocycles. The molecule has 0 fully saturated rings. The summed E-state index contributed by atoms with van der Waals surface area (Å²) in [7, 11) is 0. The average molecular weight is 352 g/mol. The zero-order valence-corrected chi connectivity index (χ0v) is 15.2. The fourth-order valence-electron chi connectivity index (χ4n) is 3.02. The first kappa shape index (κ1) is 17.9. The van der Waals surface area contributed by atoms with Gasteiger partial charge < -0.3 is 15.5 Å². The summed E-state index contributed by atoms with van der Waals surface area (Å²) in [5, 5.41) is 5.75. The fraction of sp³-hybridized carbons (Fsp3) is 0.350. The number of carbonyl (C=O) groups excluding carboxylic acids is 2. The predicted molar refractivity (Wildman–Crippen MR) is 103 cm³/mol. The van der Waals surface area contributed by atoms with Gasteiger partial charge in [0.05, 0.1) is 5.56 Å². The van der Waals surface area contributed by atoms with E-state index in [0.717, 1.165) is 36.2 Å². The number of urea groups is 1. The average Bonchev–Trinajstić information content (AvgIpc) is 2.67. The largest absolute Gasteiger partial charge is 0.335 e. The van der Waals surface area contributed by atoms with Gasteiger partial charge in [-0.25, -0.2) is 4.79 Å². The monoisotopic (exact) mass is 352 g/mol. The number of benzene rings is 1. The number of aromatic nitrogens is 1. The van der Waals surface area contributed by atoms with Gasteiger partial charge in [0.1, 0.15) is 0 Å². The van der Waals surface area contributed by atoms with Crippen molar-refractivity contribution in [3.8, 4) is 0 Å². The number of rotatable bonds is 4. The van der Waals surface area contributed by atoms with Gasteiger partial charge in [0, 0.05) is 36.4 Å². The topological polar surface area (TPSA) is 74.3 Å². The lowest BCUT2D eigenvalue weighted by Crippen LogP contribution is -2.36. The molecule has 0 spiro atoms. The number of hydrogen-bond donors (Lipinski definition) is 2. The van der Waals surface area contributed by atoms with Crippen molar-refractivity contribution in [3.05, 3.63) is 53.9 Å². The summed E-state index contributed by atoms with van der Waals surface area (Å²) in [6, 6.07) is 9.15. The molecule has 0 bridgehead atoms. The Morgan fingerprint density at radius 2 is 2.15 bits per heavy atom. The highest BCUT2D eigenvalue weighted by Crippen LogP contribution is 2.30. The molecule has 1 unspecified atom stereocenters. The van der Waals surface area contributed by atoms with Gasteiger partial charge in [-0.05, 0) is 62.1 Å². The number of aryl methyl sites for hydroxylation is 1. The van der Waals surface area contributed by atoms with Crippen LogP contribution in [0.25, 0.3) is 0 Å². The van der Waals surface area contributed by atoms with E-state index in [1.54, 1.807) is 29.4 Å². The zero-order valence-electron chi connectivity index (χ0n) is 15.2. The summed E-state index contributed by atoms with van der Waals surface area (Å²) in [5.74, 6) is -0.0470. The van der Waals surface area contributed by atoms with Gasteiger partial charge in [-0.3, -0.25) is 9.78 Å². The molecule has 6 heteroatoms. The Morgan fingerprint density at radius 1 is 1.31 bits per heavy atom. The third kappa shape index (κ3) is 4.02. The Kier molecular flexibility index (Phi) is 5.51. The Balaban J connectivity index is 1.77. The Hall–Kier alpha value is -2.89. The number of nitrogens with zero attached hydrogens (tertiary/aromatic N) is 2. The first-order chi connectivity index (χ1) is 12.6. The normalized spacial score (nSPS) is 14.3. The van der Waals surface area contributed by atoms with E-state index in [1.165, 1.54) is 0 Å². The fourth-order valence-corrected chi connectivity index (χ4v) is 3.02. The molecule has 1 aliphatic heterocycles. The molecule has 6 nitrogen and oxygen atoms in total. The number of hydrogen-bond acceptors (Lipinski definition) is 3. The summed E-state index contributed by atoms with van der Waals surface area (Å²) in [5.41, 5.74) is 3.28. The predicted octanol–water partition coefficient (Wildman–Crippen LogP) is 3.59. The zero-order chi connectivity index (χ0) is 18.5. The number of amides is 3. The van der Waals surface area contributed by atoms with Crippen LogP contribution in [0.3, 0.4) is 0 Å². The van der Waals surface area contributed by atoms with Gasteiger partial charge in [0.15, 0.2) is 0 Å². The molecule has 2 aromatic rings. The van der Waals surface area contributed by atoms with Crippen LogP contribution in [0.15, 0.2) is 42.7 Å². The second kappa shape index (κ2) is 7.99. The second-order valence-electron chi connectivity index (χ2n) is 6.55. The highest BCUT2D eigenvalue weighted by atomic mass is 16.2. The van der Waals surface area contributed by atoms with Crippen molar-refractivity contribution < 1.29 is 9.59 Å². The van der Waals surface area contributed by atoms with Crippen molar-refractivity contribution in [2.75, 3.05) is 16.8 Å². The molecule has 3 amide bonds. The van der Waals surface area contributed by atoms with Crippen molar-refractivity contribution in [1.29, 1.82) is 0 Å². The van der Waals surface area contributed by atoms with E-state index in [4.69, 9.17) is 0 Å². The molecular formula is C20H24N4O2. The second-order valence-corrected chi connectivity index (χ2v) is 6.55. The Labute approximate surface area is 153 Å². The number of fused-ring (bicyclic) bond motifs is 1. The van der Waals surface area contributed by atoms with Crippen molar-refractivity contribution >= 4 is 23.3 Å². The Morgan fingerprint density at radius 3 is 2.88 bits per heavy atom. The first-order valence-corrected chi connectivity index (χ1v) is 9.01. The molecule has 1 aromatic heterocycles. The van der Waals surface area contributed by atoms with Gasteiger partial charge >= 0.3 is 6.03 Å². The van der Waals surface area contributed by atoms with E-state index in [-0.39, 0.29) is 18.0 Å². The highest BCUT2D eigenvalue weighted by Gasteiger charge is 2.24. The van der Waals surface area contributed by atoms with Crippen LogP contribution in [0.5, 0.6) is 0 Å². The van der Waals surface area contributed by atoms with E-state index in [9.17, 15) is 9.59 Å². The van der Waals surface area contributed by atoms with E-state index in [2.05, 4.69) is 15.6 Å². The van der Waals surface area contributed by atoms with E-state index in [1.807, 2.05) is 32.0 Å². The molecule has 1 atom stereocenters. The summed E-state index contributed by atoms with van der Waals surface area (Å²) in [6.07, 6.45) is 5.90. The molecule has 3 rings (SSSR count). The molecule has 26 heavy (non-hydrogen) atoms. The lowest BCUT2D eigenvalue weighted by Gasteiger charge is -2.30. The van der Waals surface area contributed by atoms with E-state index < -0.39 is 0 Å². The molecule has 0 saturated heterocycles. The number of pyridine rings is 1.